The molecule has 0 amide bonds. The molecule has 0 spiro atoms. The summed E-state index contributed by atoms with van der Waals surface area (Å²) in [5, 5.41) is 3.22. The van der Waals surface area contributed by atoms with Crippen molar-refractivity contribution in [2.24, 2.45) is 5.92 Å². The molecule has 0 aromatic carbocycles. The van der Waals surface area contributed by atoms with Gasteiger partial charge in [-0.05, 0) is 12.8 Å². The number of rotatable bonds is 6. The molecule has 0 aliphatic carbocycles. The van der Waals surface area contributed by atoms with Gasteiger partial charge in [0.05, 0.1) is 13.2 Å². The molecule has 0 radical (unpaired) electrons. The molecule has 1 aromatic heterocycles. The molecule has 2 heterocycles. The van der Waals surface area contributed by atoms with Crippen molar-refractivity contribution in [3.05, 3.63) is 12.3 Å². The molecule has 5 nitrogen and oxygen atoms in total. The Kier molecular flexibility index (Phi) is 4.55. The van der Waals surface area contributed by atoms with Gasteiger partial charge in [-0.1, -0.05) is 6.92 Å². The van der Waals surface area contributed by atoms with Gasteiger partial charge in [-0.2, -0.15) is 4.98 Å². The zero-order valence-electron chi connectivity index (χ0n) is 10.2. The SMILES string of the molecule is CCCOc1ccnc(NCC2CCOC2)n1. The Morgan fingerprint density at radius 1 is 1.59 bits per heavy atom. The van der Waals surface area contributed by atoms with Crippen LogP contribution in [0.1, 0.15) is 19.8 Å². The topological polar surface area (TPSA) is 56.3 Å². The second kappa shape index (κ2) is 6.39. The third kappa shape index (κ3) is 3.85. The van der Waals surface area contributed by atoms with Gasteiger partial charge in [-0.3, -0.25) is 0 Å². The van der Waals surface area contributed by atoms with E-state index in [1.165, 1.54) is 0 Å². The van der Waals surface area contributed by atoms with Crippen LogP contribution in [0.3, 0.4) is 0 Å². The Morgan fingerprint density at radius 2 is 2.53 bits per heavy atom. The van der Waals surface area contributed by atoms with Crippen LogP contribution in [0.25, 0.3) is 0 Å². The van der Waals surface area contributed by atoms with Gasteiger partial charge in [-0.15, -0.1) is 0 Å². The maximum absolute atomic E-state index is 5.45. The minimum Gasteiger partial charge on any atom is -0.478 e. The molecule has 1 N–H and O–H groups in total. The number of anilines is 1. The molecule has 0 saturated carbocycles. The molecule has 1 aliphatic heterocycles. The van der Waals surface area contributed by atoms with E-state index in [-0.39, 0.29) is 0 Å². The summed E-state index contributed by atoms with van der Waals surface area (Å²) >= 11 is 0. The van der Waals surface area contributed by atoms with Gasteiger partial charge < -0.3 is 14.8 Å². The molecule has 2 rings (SSSR count). The predicted octanol–water partition coefficient (Wildman–Crippen LogP) is 1.71. The molecule has 1 atom stereocenters. The first-order valence-corrected chi connectivity index (χ1v) is 6.16. The first kappa shape index (κ1) is 12.1. The van der Waals surface area contributed by atoms with E-state index in [0.29, 0.717) is 24.4 Å². The monoisotopic (exact) mass is 237 g/mol. The molecule has 1 unspecified atom stereocenters. The Morgan fingerprint density at radius 3 is 3.29 bits per heavy atom. The summed E-state index contributed by atoms with van der Waals surface area (Å²) in [6, 6.07) is 1.78. The summed E-state index contributed by atoms with van der Waals surface area (Å²) in [6.45, 7) is 5.32. The van der Waals surface area contributed by atoms with Crippen molar-refractivity contribution in [1.82, 2.24) is 9.97 Å². The van der Waals surface area contributed by atoms with E-state index in [2.05, 4.69) is 22.2 Å². The Hall–Kier alpha value is -1.36. The smallest absolute Gasteiger partial charge is 0.225 e. The molecule has 94 valence electrons. The van der Waals surface area contributed by atoms with Crippen molar-refractivity contribution in [2.45, 2.75) is 19.8 Å². The molecule has 1 saturated heterocycles. The number of nitrogens with zero attached hydrogens (tertiary/aromatic N) is 2. The quantitative estimate of drug-likeness (QED) is 0.816. The summed E-state index contributed by atoms with van der Waals surface area (Å²) in [7, 11) is 0. The van der Waals surface area contributed by atoms with E-state index in [1.54, 1.807) is 12.3 Å². The average Bonchev–Trinajstić information content (AvgIpc) is 2.87. The Labute approximate surface area is 102 Å². The van der Waals surface area contributed by atoms with Crippen LogP contribution in [0.15, 0.2) is 12.3 Å². The van der Waals surface area contributed by atoms with Gasteiger partial charge in [0.1, 0.15) is 0 Å². The molecule has 1 aromatic rings. The second-order valence-corrected chi connectivity index (χ2v) is 4.18. The van der Waals surface area contributed by atoms with E-state index in [9.17, 15) is 0 Å². The van der Waals surface area contributed by atoms with Crippen molar-refractivity contribution in [3.8, 4) is 5.88 Å². The summed E-state index contributed by atoms with van der Waals surface area (Å²) in [6.07, 6.45) is 3.80. The fourth-order valence-corrected chi connectivity index (χ4v) is 1.69. The third-order valence-electron chi connectivity index (χ3n) is 2.66. The van der Waals surface area contributed by atoms with E-state index in [4.69, 9.17) is 9.47 Å². The van der Waals surface area contributed by atoms with E-state index in [1.807, 2.05) is 0 Å². The van der Waals surface area contributed by atoms with Crippen LogP contribution >= 0.6 is 0 Å². The number of hydrogen-bond donors (Lipinski definition) is 1. The van der Waals surface area contributed by atoms with Crippen LogP contribution in [0.2, 0.25) is 0 Å². The fraction of sp³-hybridized carbons (Fsp3) is 0.667. The maximum atomic E-state index is 5.45. The largest absolute Gasteiger partial charge is 0.478 e. The van der Waals surface area contributed by atoms with Gasteiger partial charge in [0.2, 0.25) is 11.8 Å². The zero-order chi connectivity index (χ0) is 11.9. The highest BCUT2D eigenvalue weighted by atomic mass is 16.5. The molecular formula is C12H19N3O2. The molecular weight excluding hydrogens is 218 g/mol. The lowest BCUT2D eigenvalue weighted by Crippen LogP contribution is -2.15. The molecule has 1 aliphatic rings. The van der Waals surface area contributed by atoms with Crippen molar-refractivity contribution in [1.29, 1.82) is 0 Å². The lowest BCUT2D eigenvalue weighted by atomic mass is 10.1. The normalized spacial score (nSPS) is 19.2. The van der Waals surface area contributed by atoms with Gasteiger partial charge in [0, 0.05) is 31.3 Å². The van der Waals surface area contributed by atoms with Crippen LogP contribution in [-0.2, 0) is 4.74 Å². The highest BCUT2D eigenvalue weighted by molar-refractivity contribution is 5.27. The fourth-order valence-electron chi connectivity index (χ4n) is 1.69. The van der Waals surface area contributed by atoms with Gasteiger partial charge in [-0.25, -0.2) is 4.98 Å². The Balaban J connectivity index is 1.82. The van der Waals surface area contributed by atoms with Crippen molar-refractivity contribution < 1.29 is 9.47 Å². The van der Waals surface area contributed by atoms with Crippen LogP contribution in [0.4, 0.5) is 5.95 Å². The van der Waals surface area contributed by atoms with Gasteiger partial charge >= 0.3 is 0 Å². The molecule has 17 heavy (non-hydrogen) atoms. The number of hydrogen-bond acceptors (Lipinski definition) is 5. The zero-order valence-corrected chi connectivity index (χ0v) is 10.2. The van der Waals surface area contributed by atoms with Crippen LogP contribution in [-0.4, -0.2) is 36.3 Å². The first-order chi connectivity index (χ1) is 8.38. The number of aromatic nitrogens is 2. The standard InChI is InChI=1S/C12H19N3O2/c1-2-6-17-11-3-5-13-12(15-11)14-8-10-4-7-16-9-10/h3,5,10H,2,4,6-9H2,1H3,(H,13,14,15). The van der Waals surface area contributed by atoms with Crippen LogP contribution < -0.4 is 10.1 Å². The highest BCUT2D eigenvalue weighted by Gasteiger charge is 2.15. The minimum atomic E-state index is 0.568. The lowest BCUT2D eigenvalue weighted by Gasteiger charge is -2.10. The Bertz CT molecular complexity index is 340. The summed E-state index contributed by atoms with van der Waals surface area (Å²) < 4.78 is 10.8. The number of ether oxygens (including phenoxy) is 2. The number of nitrogens with one attached hydrogen (secondary N) is 1. The first-order valence-electron chi connectivity index (χ1n) is 6.16. The van der Waals surface area contributed by atoms with Gasteiger partial charge in [0.25, 0.3) is 0 Å². The van der Waals surface area contributed by atoms with Crippen LogP contribution in [0, 0.1) is 5.92 Å². The van der Waals surface area contributed by atoms with E-state index >= 15 is 0 Å². The van der Waals surface area contributed by atoms with Crippen molar-refractivity contribution in [3.63, 3.8) is 0 Å². The summed E-state index contributed by atoms with van der Waals surface area (Å²) in [5.74, 6) is 1.83. The van der Waals surface area contributed by atoms with Gasteiger partial charge in [0.15, 0.2) is 0 Å². The molecule has 0 bridgehead atoms. The molecule has 5 heteroatoms. The predicted molar refractivity (Wildman–Crippen MR) is 65.2 cm³/mol. The minimum absolute atomic E-state index is 0.568. The third-order valence-corrected chi connectivity index (χ3v) is 2.66. The summed E-state index contributed by atoms with van der Waals surface area (Å²) in [4.78, 5) is 8.45. The van der Waals surface area contributed by atoms with Crippen molar-refractivity contribution >= 4 is 5.95 Å². The average molecular weight is 237 g/mol. The second-order valence-electron chi connectivity index (χ2n) is 4.18. The van der Waals surface area contributed by atoms with E-state index < -0.39 is 0 Å². The lowest BCUT2D eigenvalue weighted by molar-refractivity contribution is 0.187. The highest BCUT2D eigenvalue weighted by Crippen LogP contribution is 2.14. The van der Waals surface area contributed by atoms with E-state index in [0.717, 1.165) is 32.6 Å². The van der Waals surface area contributed by atoms with Crippen LogP contribution in [0.5, 0.6) is 5.88 Å². The van der Waals surface area contributed by atoms with Crippen molar-refractivity contribution in [2.75, 3.05) is 31.7 Å². The summed E-state index contributed by atoms with van der Waals surface area (Å²) in [5.41, 5.74) is 0. The maximum Gasteiger partial charge on any atom is 0.225 e. The molecule has 1 fully saturated rings.